The van der Waals surface area contributed by atoms with Crippen molar-refractivity contribution in [2.45, 2.75) is 50.3 Å². The summed E-state index contributed by atoms with van der Waals surface area (Å²) >= 11 is 0. The Labute approximate surface area is 108 Å². The van der Waals surface area contributed by atoms with Crippen LogP contribution in [0.15, 0.2) is 24.3 Å². The Bertz CT molecular complexity index is 458. The van der Waals surface area contributed by atoms with Crippen molar-refractivity contribution < 1.29 is 5.11 Å². The Balaban J connectivity index is 1.55. The molecule has 0 aromatic heterocycles. The van der Waals surface area contributed by atoms with Crippen molar-refractivity contribution in [1.29, 1.82) is 0 Å². The Kier molecular flexibility index (Phi) is 2.49. The molecule has 0 saturated heterocycles. The van der Waals surface area contributed by atoms with Gasteiger partial charge in [0.2, 0.25) is 0 Å². The third kappa shape index (κ3) is 1.63. The van der Waals surface area contributed by atoms with E-state index >= 15 is 0 Å². The van der Waals surface area contributed by atoms with Gasteiger partial charge in [-0.3, -0.25) is 0 Å². The summed E-state index contributed by atoms with van der Waals surface area (Å²) in [6.07, 6.45) is 6.16. The van der Waals surface area contributed by atoms with Gasteiger partial charge in [0.05, 0.1) is 12.1 Å². The van der Waals surface area contributed by atoms with Gasteiger partial charge in [-0.1, -0.05) is 30.7 Å². The summed E-state index contributed by atoms with van der Waals surface area (Å²) in [4.78, 5) is 0. The van der Waals surface area contributed by atoms with Crippen LogP contribution in [0.3, 0.4) is 0 Å². The van der Waals surface area contributed by atoms with E-state index in [1.165, 1.54) is 36.8 Å². The zero-order valence-electron chi connectivity index (χ0n) is 10.7. The van der Waals surface area contributed by atoms with Gasteiger partial charge in [0.1, 0.15) is 0 Å². The molecular weight excluding hydrogens is 222 g/mol. The van der Waals surface area contributed by atoms with E-state index in [0.29, 0.717) is 6.04 Å². The maximum absolute atomic E-state index is 10.3. The van der Waals surface area contributed by atoms with Gasteiger partial charge in [-0.15, -0.1) is 0 Å². The van der Waals surface area contributed by atoms with E-state index in [4.69, 9.17) is 0 Å². The van der Waals surface area contributed by atoms with Gasteiger partial charge < -0.3 is 10.4 Å². The monoisotopic (exact) mass is 243 g/mol. The molecule has 2 heteroatoms. The van der Waals surface area contributed by atoms with Crippen LogP contribution in [0.5, 0.6) is 0 Å². The van der Waals surface area contributed by atoms with Gasteiger partial charge >= 0.3 is 0 Å². The summed E-state index contributed by atoms with van der Waals surface area (Å²) < 4.78 is 0. The minimum Gasteiger partial charge on any atom is -0.391 e. The zero-order chi connectivity index (χ0) is 12.1. The van der Waals surface area contributed by atoms with Gasteiger partial charge in [-0.05, 0) is 42.2 Å². The Morgan fingerprint density at radius 1 is 1.11 bits per heavy atom. The van der Waals surface area contributed by atoms with Crippen LogP contribution < -0.4 is 5.32 Å². The molecule has 0 aliphatic heterocycles. The smallest absolute Gasteiger partial charge is 0.0775 e. The van der Waals surface area contributed by atoms with E-state index in [0.717, 1.165) is 18.3 Å². The number of aliphatic hydroxyl groups is 1. The van der Waals surface area contributed by atoms with Crippen LogP contribution in [0.25, 0.3) is 0 Å². The molecular formula is C16H21NO. The first-order chi connectivity index (χ1) is 8.81. The lowest BCUT2D eigenvalue weighted by Gasteiger charge is -2.28. The SMILES string of the molecule is O[C@H]1Cc2ccccc2[C@H]1NC1CC2CCC1C2. The first-order valence-corrected chi connectivity index (χ1v) is 7.33. The third-order valence-electron chi connectivity index (χ3n) is 5.34. The zero-order valence-corrected chi connectivity index (χ0v) is 10.7. The minimum atomic E-state index is -0.235. The molecule has 3 aliphatic rings. The molecule has 3 aliphatic carbocycles. The van der Waals surface area contributed by atoms with Crippen LogP contribution >= 0.6 is 0 Å². The van der Waals surface area contributed by atoms with E-state index in [-0.39, 0.29) is 12.1 Å². The van der Waals surface area contributed by atoms with Gasteiger partial charge in [0.15, 0.2) is 0 Å². The van der Waals surface area contributed by atoms with E-state index in [2.05, 4.69) is 29.6 Å². The van der Waals surface area contributed by atoms with Crippen molar-refractivity contribution in [2.75, 3.05) is 0 Å². The lowest BCUT2D eigenvalue weighted by atomic mass is 9.94. The summed E-state index contributed by atoms with van der Waals surface area (Å²) in [6, 6.07) is 9.31. The minimum absolute atomic E-state index is 0.172. The highest BCUT2D eigenvalue weighted by Crippen LogP contribution is 2.46. The van der Waals surface area contributed by atoms with Gasteiger partial charge in [-0.25, -0.2) is 0 Å². The topological polar surface area (TPSA) is 32.3 Å². The lowest BCUT2D eigenvalue weighted by Crippen LogP contribution is -2.40. The molecule has 3 unspecified atom stereocenters. The number of benzene rings is 1. The van der Waals surface area contributed by atoms with Gasteiger partial charge in [0, 0.05) is 12.5 Å². The van der Waals surface area contributed by atoms with Crippen molar-refractivity contribution in [1.82, 2.24) is 5.32 Å². The van der Waals surface area contributed by atoms with Gasteiger partial charge in [-0.2, -0.15) is 0 Å². The van der Waals surface area contributed by atoms with Crippen molar-refractivity contribution in [2.24, 2.45) is 11.8 Å². The van der Waals surface area contributed by atoms with Crippen molar-refractivity contribution >= 4 is 0 Å². The van der Waals surface area contributed by atoms with Crippen LogP contribution in [0.4, 0.5) is 0 Å². The average Bonchev–Trinajstić information content (AvgIpc) is 3.05. The molecule has 0 spiro atoms. The molecule has 2 fully saturated rings. The highest BCUT2D eigenvalue weighted by Gasteiger charge is 2.42. The second-order valence-corrected chi connectivity index (χ2v) is 6.40. The maximum atomic E-state index is 10.3. The van der Waals surface area contributed by atoms with Crippen LogP contribution in [-0.2, 0) is 6.42 Å². The van der Waals surface area contributed by atoms with E-state index in [9.17, 15) is 5.11 Å². The number of nitrogens with one attached hydrogen (secondary N) is 1. The molecule has 96 valence electrons. The Hall–Kier alpha value is -0.860. The molecule has 2 bridgehead atoms. The molecule has 0 radical (unpaired) electrons. The Morgan fingerprint density at radius 2 is 2.00 bits per heavy atom. The Morgan fingerprint density at radius 3 is 2.78 bits per heavy atom. The second kappa shape index (κ2) is 4.07. The highest BCUT2D eigenvalue weighted by atomic mass is 16.3. The molecule has 18 heavy (non-hydrogen) atoms. The number of rotatable bonds is 2. The van der Waals surface area contributed by atoms with Crippen LogP contribution in [0.2, 0.25) is 0 Å². The average molecular weight is 243 g/mol. The van der Waals surface area contributed by atoms with E-state index in [1.54, 1.807) is 0 Å². The van der Waals surface area contributed by atoms with Crippen LogP contribution in [-0.4, -0.2) is 17.3 Å². The molecule has 2 nitrogen and oxygen atoms in total. The molecule has 5 atom stereocenters. The van der Waals surface area contributed by atoms with Crippen molar-refractivity contribution in [3.05, 3.63) is 35.4 Å². The third-order valence-corrected chi connectivity index (χ3v) is 5.34. The normalized spacial score (nSPS) is 41.3. The number of aliphatic hydroxyl groups excluding tert-OH is 1. The molecule has 1 aromatic rings. The molecule has 2 N–H and O–H groups in total. The maximum Gasteiger partial charge on any atom is 0.0775 e. The molecule has 4 rings (SSSR count). The summed E-state index contributed by atoms with van der Waals surface area (Å²) in [5, 5.41) is 14.0. The summed E-state index contributed by atoms with van der Waals surface area (Å²) in [5.74, 6) is 1.83. The highest BCUT2D eigenvalue weighted by molar-refractivity contribution is 5.36. The molecule has 0 amide bonds. The fourth-order valence-electron chi connectivity index (χ4n) is 4.45. The van der Waals surface area contributed by atoms with Crippen molar-refractivity contribution in [3.8, 4) is 0 Å². The molecule has 0 heterocycles. The standard InChI is InChI=1S/C16H21NO/c18-15-9-11-3-1-2-4-13(11)16(15)17-14-8-10-5-6-12(14)7-10/h1-4,10,12,14-18H,5-9H2/t10?,12?,14?,15-,16+/m0/s1. The van der Waals surface area contributed by atoms with Crippen LogP contribution in [0, 0.1) is 11.8 Å². The van der Waals surface area contributed by atoms with Gasteiger partial charge in [0.25, 0.3) is 0 Å². The summed E-state index contributed by atoms with van der Waals surface area (Å²) in [7, 11) is 0. The van der Waals surface area contributed by atoms with Crippen molar-refractivity contribution in [3.63, 3.8) is 0 Å². The lowest BCUT2D eigenvalue weighted by molar-refractivity contribution is 0.128. The number of fused-ring (bicyclic) bond motifs is 3. The first kappa shape index (κ1) is 11.0. The fraction of sp³-hybridized carbons (Fsp3) is 0.625. The van der Waals surface area contributed by atoms with Crippen LogP contribution in [0.1, 0.15) is 42.9 Å². The second-order valence-electron chi connectivity index (χ2n) is 6.40. The first-order valence-electron chi connectivity index (χ1n) is 7.33. The number of hydrogen-bond donors (Lipinski definition) is 2. The predicted molar refractivity (Wildman–Crippen MR) is 71.3 cm³/mol. The molecule has 2 saturated carbocycles. The summed E-state index contributed by atoms with van der Waals surface area (Å²) in [5.41, 5.74) is 2.65. The largest absolute Gasteiger partial charge is 0.391 e. The molecule has 1 aromatic carbocycles. The fourth-order valence-corrected chi connectivity index (χ4v) is 4.45. The number of hydrogen-bond acceptors (Lipinski definition) is 2. The van der Waals surface area contributed by atoms with E-state index in [1.807, 2.05) is 0 Å². The summed E-state index contributed by atoms with van der Waals surface area (Å²) in [6.45, 7) is 0. The predicted octanol–water partition coefficient (Wildman–Crippen LogP) is 2.42. The quantitative estimate of drug-likeness (QED) is 0.836. The van der Waals surface area contributed by atoms with E-state index < -0.39 is 0 Å².